The van der Waals surface area contributed by atoms with Crippen LogP contribution in [0.4, 0.5) is 0 Å². The van der Waals surface area contributed by atoms with Crippen LogP contribution in [-0.2, 0) is 22.6 Å². The van der Waals surface area contributed by atoms with Crippen molar-refractivity contribution in [3.05, 3.63) is 108 Å². The Balaban J connectivity index is 1.55. The van der Waals surface area contributed by atoms with Crippen molar-refractivity contribution in [1.82, 2.24) is 20.8 Å². The van der Waals surface area contributed by atoms with Gasteiger partial charge < -0.3 is 15.2 Å². The highest BCUT2D eigenvalue weighted by Gasteiger charge is 2.30. The molecule has 0 saturated heterocycles. The van der Waals surface area contributed by atoms with E-state index in [1.165, 1.54) is 0 Å². The maximum absolute atomic E-state index is 13.3. The van der Waals surface area contributed by atoms with Crippen LogP contribution in [0.1, 0.15) is 27.2 Å². The third kappa shape index (κ3) is 5.86. The molecule has 2 heterocycles. The summed E-state index contributed by atoms with van der Waals surface area (Å²) in [7, 11) is 0. The number of hydrogen-bond acceptors (Lipinski definition) is 6. The fraction of sp³-hybridized carbons (Fsp3) is 0.148. The van der Waals surface area contributed by atoms with Crippen molar-refractivity contribution >= 4 is 17.6 Å². The first-order valence-electron chi connectivity index (χ1n) is 11.1. The van der Waals surface area contributed by atoms with E-state index in [2.05, 4.69) is 20.8 Å². The SMILES string of the molecule is Cc1noc(-c2ccccc2)c1C(=O)N[C@@H](Cc1ccccc1)C(=O)C(=O)NCc1cccnc1. The van der Waals surface area contributed by atoms with Gasteiger partial charge in [-0.15, -0.1) is 0 Å². The van der Waals surface area contributed by atoms with Gasteiger partial charge in [-0.3, -0.25) is 19.4 Å². The van der Waals surface area contributed by atoms with Gasteiger partial charge in [0.1, 0.15) is 11.6 Å². The van der Waals surface area contributed by atoms with Crippen LogP contribution in [0.2, 0.25) is 0 Å². The third-order valence-electron chi connectivity index (χ3n) is 5.43. The average Bonchev–Trinajstić information content (AvgIpc) is 3.29. The van der Waals surface area contributed by atoms with Crippen LogP contribution in [0, 0.1) is 6.92 Å². The number of carbonyl (C=O) groups excluding carboxylic acids is 3. The van der Waals surface area contributed by atoms with E-state index < -0.39 is 23.6 Å². The minimum atomic E-state index is -1.09. The lowest BCUT2D eigenvalue weighted by molar-refractivity contribution is -0.139. The van der Waals surface area contributed by atoms with Gasteiger partial charge in [-0.25, -0.2) is 0 Å². The maximum atomic E-state index is 13.3. The van der Waals surface area contributed by atoms with E-state index >= 15 is 0 Å². The zero-order valence-corrected chi connectivity index (χ0v) is 19.1. The molecule has 176 valence electrons. The Morgan fingerprint density at radius 2 is 1.60 bits per heavy atom. The van der Waals surface area contributed by atoms with Gasteiger partial charge >= 0.3 is 0 Å². The number of nitrogens with one attached hydrogen (secondary N) is 2. The van der Waals surface area contributed by atoms with Gasteiger partial charge in [0, 0.05) is 30.9 Å². The highest BCUT2D eigenvalue weighted by molar-refractivity contribution is 6.38. The predicted molar refractivity (Wildman–Crippen MR) is 129 cm³/mol. The minimum absolute atomic E-state index is 0.146. The first-order valence-corrected chi connectivity index (χ1v) is 11.1. The molecule has 35 heavy (non-hydrogen) atoms. The highest BCUT2D eigenvalue weighted by Crippen LogP contribution is 2.26. The summed E-state index contributed by atoms with van der Waals surface area (Å²) in [5.74, 6) is -1.79. The van der Waals surface area contributed by atoms with Crippen LogP contribution in [0.5, 0.6) is 0 Å². The molecule has 0 unspecified atom stereocenters. The molecule has 0 aliphatic carbocycles. The number of Topliss-reactive ketones (excluding diaryl/α,β-unsaturated/α-hetero) is 1. The van der Waals surface area contributed by atoms with Crippen molar-refractivity contribution in [2.45, 2.75) is 25.9 Å². The summed E-state index contributed by atoms with van der Waals surface area (Å²) >= 11 is 0. The molecular weight excluding hydrogens is 444 g/mol. The standard InChI is InChI=1S/C27H24N4O4/c1-18-23(25(35-31-18)21-12-6-3-7-13-21)26(33)30-22(15-19-9-4-2-5-10-19)24(32)27(34)29-17-20-11-8-14-28-16-20/h2-14,16,22H,15,17H2,1H3,(H,29,34)(H,30,33)/t22-/m0/s1. The van der Waals surface area contributed by atoms with Gasteiger partial charge in [-0.1, -0.05) is 71.9 Å². The molecule has 4 aromatic rings. The maximum Gasteiger partial charge on any atom is 0.289 e. The molecule has 2 amide bonds. The molecule has 1 atom stereocenters. The molecule has 2 aromatic heterocycles. The fourth-order valence-corrected chi connectivity index (χ4v) is 3.64. The Bertz CT molecular complexity index is 1310. The molecule has 4 rings (SSSR count). The molecular formula is C27H24N4O4. The van der Waals surface area contributed by atoms with Crippen LogP contribution in [0.25, 0.3) is 11.3 Å². The number of benzene rings is 2. The Kier molecular flexibility index (Phi) is 7.42. The smallest absolute Gasteiger partial charge is 0.289 e. The molecule has 2 aromatic carbocycles. The van der Waals surface area contributed by atoms with Crippen LogP contribution in [0.15, 0.2) is 89.7 Å². The molecule has 0 aliphatic heterocycles. The van der Waals surface area contributed by atoms with Crippen molar-refractivity contribution in [1.29, 1.82) is 0 Å². The zero-order valence-electron chi connectivity index (χ0n) is 19.1. The third-order valence-corrected chi connectivity index (χ3v) is 5.43. The van der Waals surface area contributed by atoms with Crippen molar-refractivity contribution < 1.29 is 18.9 Å². The summed E-state index contributed by atoms with van der Waals surface area (Å²) in [4.78, 5) is 43.2. The van der Waals surface area contributed by atoms with Crippen LogP contribution >= 0.6 is 0 Å². The molecule has 0 fully saturated rings. The summed E-state index contributed by atoms with van der Waals surface area (Å²) in [5, 5.41) is 9.29. The number of aryl methyl sites for hydroxylation is 1. The van der Waals surface area contributed by atoms with Crippen molar-refractivity contribution in [3.63, 3.8) is 0 Å². The summed E-state index contributed by atoms with van der Waals surface area (Å²) in [6.45, 7) is 1.80. The first-order chi connectivity index (χ1) is 17.0. The zero-order chi connectivity index (χ0) is 24.6. The van der Waals surface area contributed by atoms with E-state index in [1.54, 1.807) is 43.6 Å². The van der Waals surface area contributed by atoms with Crippen molar-refractivity contribution in [2.24, 2.45) is 0 Å². The lowest BCUT2D eigenvalue weighted by Gasteiger charge is -2.18. The number of amides is 2. The number of hydrogen-bond donors (Lipinski definition) is 2. The number of ketones is 1. The number of carbonyl (C=O) groups is 3. The second-order valence-electron chi connectivity index (χ2n) is 7.96. The van der Waals surface area contributed by atoms with Gasteiger partial charge in [0.2, 0.25) is 5.78 Å². The van der Waals surface area contributed by atoms with E-state index in [1.807, 2.05) is 48.5 Å². The summed E-state index contributed by atoms with van der Waals surface area (Å²) in [6.07, 6.45) is 3.38. The summed E-state index contributed by atoms with van der Waals surface area (Å²) in [5.41, 5.74) is 2.84. The second-order valence-corrected chi connectivity index (χ2v) is 7.96. The van der Waals surface area contributed by atoms with Gasteiger partial charge in [0.15, 0.2) is 5.76 Å². The summed E-state index contributed by atoms with van der Waals surface area (Å²) in [6, 6.07) is 20.7. The first kappa shape index (κ1) is 23.6. The molecule has 2 N–H and O–H groups in total. The Labute approximate surface area is 202 Å². The van der Waals surface area contributed by atoms with E-state index in [4.69, 9.17) is 4.52 Å². The lowest BCUT2D eigenvalue weighted by atomic mass is 10.0. The Morgan fingerprint density at radius 1 is 0.914 bits per heavy atom. The van der Waals surface area contributed by atoms with Gasteiger partial charge in [0.25, 0.3) is 11.8 Å². The topological polar surface area (TPSA) is 114 Å². The number of aromatic nitrogens is 2. The highest BCUT2D eigenvalue weighted by atomic mass is 16.5. The Morgan fingerprint density at radius 3 is 2.29 bits per heavy atom. The molecule has 0 bridgehead atoms. The molecule has 0 radical (unpaired) electrons. The largest absolute Gasteiger partial charge is 0.355 e. The van der Waals surface area contributed by atoms with E-state index in [9.17, 15) is 14.4 Å². The van der Waals surface area contributed by atoms with Crippen molar-refractivity contribution in [2.75, 3.05) is 0 Å². The van der Waals surface area contributed by atoms with Crippen molar-refractivity contribution in [3.8, 4) is 11.3 Å². The molecule has 8 heteroatoms. The van der Waals surface area contributed by atoms with Crippen LogP contribution in [-0.4, -0.2) is 33.8 Å². The van der Waals surface area contributed by atoms with E-state index in [-0.39, 0.29) is 18.5 Å². The van der Waals surface area contributed by atoms with Gasteiger partial charge in [-0.05, 0) is 24.1 Å². The summed E-state index contributed by atoms with van der Waals surface area (Å²) < 4.78 is 5.42. The predicted octanol–water partition coefficient (Wildman–Crippen LogP) is 3.27. The van der Waals surface area contributed by atoms with Gasteiger partial charge in [0.05, 0.1) is 5.69 Å². The average molecular weight is 469 g/mol. The fourth-order valence-electron chi connectivity index (χ4n) is 3.64. The Hall–Kier alpha value is -4.59. The minimum Gasteiger partial charge on any atom is -0.355 e. The molecule has 8 nitrogen and oxygen atoms in total. The quantitative estimate of drug-likeness (QED) is 0.365. The van der Waals surface area contributed by atoms with Crippen LogP contribution < -0.4 is 10.6 Å². The van der Waals surface area contributed by atoms with Crippen LogP contribution in [0.3, 0.4) is 0 Å². The normalized spacial score (nSPS) is 11.5. The lowest BCUT2D eigenvalue weighted by Crippen LogP contribution is -2.48. The molecule has 0 saturated carbocycles. The second kappa shape index (κ2) is 11.0. The monoisotopic (exact) mass is 468 g/mol. The number of rotatable bonds is 9. The molecule has 0 aliphatic rings. The number of pyridine rings is 1. The molecule has 0 spiro atoms. The van der Waals surface area contributed by atoms with E-state index in [0.717, 1.165) is 11.1 Å². The van der Waals surface area contributed by atoms with Gasteiger partial charge in [-0.2, -0.15) is 0 Å². The van der Waals surface area contributed by atoms with E-state index in [0.29, 0.717) is 17.0 Å². The number of nitrogens with zero attached hydrogens (tertiary/aromatic N) is 2.